The molecule has 7 heterocycles. The fraction of sp³-hybridized carbons (Fsp3) is 0.148. The number of benzene rings is 1. The Labute approximate surface area is 217 Å². The second kappa shape index (κ2) is 7.99. The lowest BCUT2D eigenvalue weighted by molar-refractivity contribution is 0.174. The van der Waals surface area contributed by atoms with Crippen LogP contribution in [0.2, 0.25) is 0 Å². The van der Waals surface area contributed by atoms with Crippen molar-refractivity contribution < 1.29 is 18.9 Å². The summed E-state index contributed by atoms with van der Waals surface area (Å²) in [5.41, 5.74) is 5.11. The van der Waals surface area contributed by atoms with Crippen molar-refractivity contribution in [1.29, 1.82) is 0 Å². The molecule has 0 N–H and O–H groups in total. The smallest absolute Gasteiger partial charge is 0.180 e. The summed E-state index contributed by atoms with van der Waals surface area (Å²) < 4.78 is 26.0. The predicted octanol–water partition coefficient (Wildman–Crippen LogP) is 7.22. The number of rotatable bonds is 3. The number of thiophene rings is 3. The van der Waals surface area contributed by atoms with Crippen molar-refractivity contribution in [3.63, 3.8) is 0 Å². The maximum absolute atomic E-state index is 6.10. The van der Waals surface area contributed by atoms with Gasteiger partial charge in [0.1, 0.15) is 26.4 Å². The first-order chi connectivity index (χ1) is 17.8. The maximum Gasteiger partial charge on any atom is 0.180 e. The average molecular weight is 531 g/mol. The SMILES string of the molecule is c1ccc2c(c1)nc(-c1cc(-c3scc4c3OCCO4)sc1-c1scc3c1OCCO3)c1cccn12. The van der Waals surface area contributed by atoms with Crippen LogP contribution in [-0.2, 0) is 0 Å². The third-order valence-corrected chi connectivity index (χ3v) is 9.74. The van der Waals surface area contributed by atoms with E-state index in [4.69, 9.17) is 23.9 Å². The van der Waals surface area contributed by atoms with Crippen molar-refractivity contribution in [2.45, 2.75) is 0 Å². The van der Waals surface area contributed by atoms with E-state index in [0.717, 1.165) is 70.3 Å². The molecule has 5 aromatic heterocycles. The summed E-state index contributed by atoms with van der Waals surface area (Å²) in [6, 6.07) is 14.7. The Morgan fingerprint density at radius 2 is 1.42 bits per heavy atom. The van der Waals surface area contributed by atoms with E-state index in [1.54, 1.807) is 34.0 Å². The lowest BCUT2D eigenvalue weighted by Gasteiger charge is -2.16. The summed E-state index contributed by atoms with van der Waals surface area (Å²) in [4.78, 5) is 9.56. The number of hydrogen-bond acceptors (Lipinski definition) is 8. The molecule has 0 radical (unpaired) electrons. The van der Waals surface area contributed by atoms with Crippen molar-refractivity contribution >= 4 is 50.6 Å². The van der Waals surface area contributed by atoms with Crippen molar-refractivity contribution in [2.75, 3.05) is 26.4 Å². The number of fused-ring (bicyclic) bond motifs is 5. The van der Waals surface area contributed by atoms with Gasteiger partial charge in [-0.1, -0.05) is 12.1 Å². The first kappa shape index (κ1) is 20.6. The summed E-state index contributed by atoms with van der Waals surface area (Å²) in [5, 5.41) is 4.07. The van der Waals surface area contributed by atoms with Crippen LogP contribution in [0.25, 0.3) is 47.3 Å². The van der Waals surface area contributed by atoms with Crippen LogP contribution in [0.15, 0.2) is 59.4 Å². The lowest BCUT2D eigenvalue weighted by Crippen LogP contribution is -2.14. The molecule has 6 aromatic rings. The van der Waals surface area contributed by atoms with Gasteiger partial charge in [-0.2, -0.15) is 0 Å². The highest BCUT2D eigenvalue weighted by Gasteiger charge is 2.28. The van der Waals surface area contributed by atoms with E-state index in [0.29, 0.717) is 26.4 Å². The molecule has 2 aliphatic rings. The molecule has 0 spiro atoms. The number of para-hydroxylation sites is 2. The molecular formula is C27H18N2O4S3. The topological polar surface area (TPSA) is 54.2 Å². The molecule has 0 saturated heterocycles. The van der Waals surface area contributed by atoms with Gasteiger partial charge >= 0.3 is 0 Å². The Bertz CT molecular complexity index is 1780. The van der Waals surface area contributed by atoms with E-state index < -0.39 is 0 Å². The van der Waals surface area contributed by atoms with Gasteiger partial charge in [-0.25, -0.2) is 4.98 Å². The van der Waals surface area contributed by atoms with Gasteiger partial charge in [0, 0.05) is 27.4 Å². The Morgan fingerprint density at radius 3 is 2.25 bits per heavy atom. The van der Waals surface area contributed by atoms with E-state index in [1.165, 1.54) is 0 Å². The highest BCUT2D eigenvalue weighted by atomic mass is 32.1. The molecule has 36 heavy (non-hydrogen) atoms. The monoisotopic (exact) mass is 530 g/mol. The van der Waals surface area contributed by atoms with Crippen LogP contribution in [0.5, 0.6) is 23.0 Å². The van der Waals surface area contributed by atoms with Gasteiger partial charge in [0.15, 0.2) is 23.0 Å². The molecule has 0 fully saturated rings. The van der Waals surface area contributed by atoms with Gasteiger partial charge < -0.3 is 23.3 Å². The maximum atomic E-state index is 6.10. The van der Waals surface area contributed by atoms with Crippen molar-refractivity contribution in [1.82, 2.24) is 9.38 Å². The molecule has 178 valence electrons. The molecule has 9 heteroatoms. The van der Waals surface area contributed by atoms with Crippen LogP contribution in [0.1, 0.15) is 0 Å². The highest BCUT2D eigenvalue weighted by Crippen LogP contribution is 2.55. The Kier molecular flexibility index (Phi) is 4.58. The minimum Gasteiger partial charge on any atom is -0.485 e. The van der Waals surface area contributed by atoms with E-state index in [-0.39, 0.29) is 0 Å². The zero-order valence-electron chi connectivity index (χ0n) is 18.9. The molecule has 1 aromatic carbocycles. The molecule has 0 amide bonds. The second-order valence-corrected chi connectivity index (χ2v) is 11.3. The Hall–Kier alpha value is -3.53. The summed E-state index contributed by atoms with van der Waals surface area (Å²) in [7, 11) is 0. The van der Waals surface area contributed by atoms with Gasteiger partial charge in [0.25, 0.3) is 0 Å². The van der Waals surface area contributed by atoms with Gasteiger partial charge in [-0.3, -0.25) is 0 Å². The third-order valence-electron chi connectivity index (χ3n) is 6.38. The van der Waals surface area contributed by atoms with E-state index in [2.05, 4.69) is 47.0 Å². The summed E-state index contributed by atoms with van der Waals surface area (Å²) in [5.74, 6) is 3.28. The van der Waals surface area contributed by atoms with Crippen LogP contribution < -0.4 is 18.9 Å². The van der Waals surface area contributed by atoms with E-state index >= 15 is 0 Å². The number of hydrogen-bond donors (Lipinski definition) is 0. The standard InChI is InChI=1S/C27H18N2O4S3/c1-2-5-17-16(4-1)28-22(18-6-3-7-29(17)18)15-12-21(26-23-19(13-34-26)30-8-10-32-23)36-25(15)27-24-20(14-35-27)31-9-11-33-24/h1-7,12-14H,8-11H2. The van der Waals surface area contributed by atoms with Crippen LogP contribution in [0.3, 0.4) is 0 Å². The predicted molar refractivity (Wildman–Crippen MR) is 145 cm³/mol. The quantitative estimate of drug-likeness (QED) is 0.242. The Morgan fingerprint density at radius 1 is 0.722 bits per heavy atom. The fourth-order valence-electron chi connectivity index (χ4n) is 4.82. The van der Waals surface area contributed by atoms with Gasteiger partial charge in [-0.15, -0.1) is 34.0 Å². The third kappa shape index (κ3) is 3.03. The van der Waals surface area contributed by atoms with Crippen LogP contribution in [-0.4, -0.2) is 35.8 Å². The van der Waals surface area contributed by atoms with Crippen molar-refractivity contribution in [3.8, 4) is 53.8 Å². The Balaban J connectivity index is 1.41. The number of nitrogens with zero attached hydrogens (tertiary/aromatic N) is 2. The molecule has 0 unspecified atom stereocenters. The minimum absolute atomic E-state index is 0.547. The second-order valence-electron chi connectivity index (χ2n) is 8.48. The average Bonchev–Trinajstić information content (AvgIpc) is 3.72. The highest BCUT2D eigenvalue weighted by molar-refractivity contribution is 7.26. The lowest BCUT2D eigenvalue weighted by atomic mass is 10.1. The normalized spacial score (nSPS) is 14.6. The van der Waals surface area contributed by atoms with Crippen molar-refractivity contribution in [3.05, 3.63) is 59.4 Å². The van der Waals surface area contributed by atoms with Crippen LogP contribution >= 0.6 is 34.0 Å². The fourth-order valence-corrected chi connectivity index (χ4v) is 8.12. The molecule has 0 saturated carbocycles. The largest absolute Gasteiger partial charge is 0.485 e. The summed E-state index contributed by atoms with van der Waals surface area (Å²) >= 11 is 5.04. The van der Waals surface area contributed by atoms with E-state index in [9.17, 15) is 0 Å². The first-order valence-corrected chi connectivity index (χ1v) is 14.2. The van der Waals surface area contributed by atoms with Crippen LogP contribution in [0, 0.1) is 0 Å². The first-order valence-electron chi connectivity index (χ1n) is 11.6. The molecule has 8 rings (SSSR count). The summed E-state index contributed by atoms with van der Waals surface area (Å²) in [6.07, 6.45) is 2.10. The number of ether oxygens (including phenoxy) is 4. The van der Waals surface area contributed by atoms with Gasteiger partial charge in [0.05, 0.1) is 36.9 Å². The molecule has 0 aliphatic carbocycles. The molecule has 6 nitrogen and oxygen atoms in total. The zero-order chi connectivity index (χ0) is 23.6. The van der Waals surface area contributed by atoms with Crippen molar-refractivity contribution in [2.24, 2.45) is 0 Å². The number of aromatic nitrogens is 2. The van der Waals surface area contributed by atoms with Gasteiger partial charge in [0.2, 0.25) is 0 Å². The molecule has 0 bridgehead atoms. The van der Waals surface area contributed by atoms with Crippen LogP contribution in [0.4, 0.5) is 0 Å². The molecular weight excluding hydrogens is 513 g/mol. The minimum atomic E-state index is 0.547. The molecule has 2 aliphatic heterocycles. The molecule has 0 atom stereocenters. The zero-order valence-corrected chi connectivity index (χ0v) is 21.3. The van der Waals surface area contributed by atoms with Gasteiger partial charge in [-0.05, 0) is 30.3 Å². The summed E-state index contributed by atoms with van der Waals surface area (Å²) in [6.45, 7) is 2.25. The van der Waals surface area contributed by atoms with E-state index in [1.807, 2.05) is 16.8 Å².